The first kappa shape index (κ1) is 30.4. The summed E-state index contributed by atoms with van der Waals surface area (Å²) in [6, 6.07) is 35.5. The number of nitrogens with zero attached hydrogens (tertiary/aromatic N) is 2. The molecule has 0 saturated carbocycles. The molecule has 1 aromatic heterocycles. The minimum absolute atomic E-state index is 1.05. The maximum atomic E-state index is 2.56. The molecule has 4 heteroatoms. The van der Waals surface area contributed by atoms with Gasteiger partial charge in [0.05, 0.1) is 10.7 Å². The lowest BCUT2D eigenvalue weighted by molar-refractivity contribution is -0.669. The van der Waals surface area contributed by atoms with Gasteiger partial charge >= 0.3 is 0 Å². The number of aromatic nitrogens is 1. The van der Waals surface area contributed by atoms with E-state index in [4.69, 9.17) is 0 Å². The highest BCUT2D eigenvalue weighted by Gasteiger charge is 2.26. The molecule has 0 N–H and O–H groups in total. The van der Waals surface area contributed by atoms with Crippen molar-refractivity contribution in [2.45, 2.75) is 70.7 Å². The normalized spacial score (nSPS) is 14.1. The van der Waals surface area contributed by atoms with E-state index in [1.54, 1.807) is 0 Å². The Labute approximate surface area is 271 Å². The number of anilines is 1. The Bertz CT molecular complexity index is 1770. The van der Waals surface area contributed by atoms with Crippen LogP contribution < -0.4 is 9.47 Å². The molecule has 0 amide bonds. The van der Waals surface area contributed by atoms with Gasteiger partial charge < -0.3 is 4.90 Å². The van der Waals surface area contributed by atoms with Gasteiger partial charge in [-0.05, 0) is 71.9 Å². The third-order valence-corrected chi connectivity index (χ3v) is 10.6. The highest BCUT2D eigenvalue weighted by atomic mass is 32.2. The predicted octanol–water partition coefficient (Wildman–Crippen LogP) is 11.8. The maximum absolute atomic E-state index is 2.56. The number of fused-ring (bicyclic) bond motifs is 2. The summed E-state index contributed by atoms with van der Waals surface area (Å²) in [5, 5.41) is 2.67. The van der Waals surface area contributed by atoms with Crippen molar-refractivity contribution >= 4 is 45.1 Å². The molecule has 2 heterocycles. The average Bonchev–Trinajstić information content (AvgIpc) is 3.57. The minimum atomic E-state index is 1.05. The number of rotatable bonds is 12. The van der Waals surface area contributed by atoms with Crippen LogP contribution in [0.15, 0.2) is 119 Å². The Balaban J connectivity index is 1.35. The molecule has 5 aromatic rings. The van der Waals surface area contributed by atoms with E-state index in [2.05, 4.69) is 139 Å². The van der Waals surface area contributed by atoms with Crippen LogP contribution in [0.2, 0.25) is 0 Å². The molecular formula is C40H43N2S2+. The number of benzene rings is 4. The molecule has 1 aliphatic rings. The largest absolute Gasteiger partial charge is 0.335 e. The molecule has 4 aromatic carbocycles. The smallest absolute Gasteiger partial charge is 0.263 e. The van der Waals surface area contributed by atoms with Crippen molar-refractivity contribution in [2.24, 2.45) is 0 Å². The summed E-state index contributed by atoms with van der Waals surface area (Å²) in [6.45, 7) is 8.94. The number of thioether (sulfide) groups is 1. The van der Waals surface area contributed by atoms with E-state index in [0.717, 1.165) is 13.1 Å². The first-order valence-electron chi connectivity index (χ1n) is 16.2. The molecule has 0 radical (unpaired) electrons. The molecule has 6 rings (SSSR count). The number of unbranched alkanes of at least 4 members (excludes halogenated alkanes) is 4. The SMILES string of the molecule is CCCCCN1/C(=C/C(C)=C/c2sc3ccc(-c4ccccc4)cc3[n+]2CCCCC)Sc2ccc(-c3ccccc3)cc21. The van der Waals surface area contributed by atoms with Crippen LogP contribution in [0.5, 0.6) is 0 Å². The van der Waals surface area contributed by atoms with Crippen molar-refractivity contribution in [3.05, 3.63) is 119 Å². The molecule has 1 aliphatic heterocycles. The number of aryl methyl sites for hydroxylation is 1. The lowest BCUT2D eigenvalue weighted by Gasteiger charge is -2.21. The zero-order chi connectivity index (χ0) is 30.3. The molecule has 0 unspecified atom stereocenters. The molecule has 44 heavy (non-hydrogen) atoms. The molecule has 0 atom stereocenters. The van der Waals surface area contributed by atoms with Crippen LogP contribution in [0.25, 0.3) is 38.5 Å². The van der Waals surface area contributed by atoms with Gasteiger partial charge in [-0.25, -0.2) is 0 Å². The Morgan fingerprint density at radius 2 is 1.39 bits per heavy atom. The van der Waals surface area contributed by atoms with E-state index < -0.39 is 0 Å². The highest BCUT2D eigenvalue weighted by molar-refractivity contribution is 8.03. The molecular weight excluding hydrogens is 573 g/mol. The highest BCUT2D eigenvalue weighted by Crippen LogP contribution is 2.48. The summed E-state index contributed by atoms with van der Waals surface area (Å²) in [5.41, 5.74) is 9.10. The lowest BCUT2D eigenvalue weighted by Crippen LogP contribution is -2.35. The topological polar surface area (TPSA) is 7.12 Å². The van der Waals surface area contributed by atoms with Gasteiger partial charge in [-0.2, -0.15) is 4.57 Å². The molecule has 0 spiro atoms. The zero-order valence-corrected chi connectivity index (χ0v) is 27.9. The summed E-state index contributed by atoms with van der Waals surface area (Å²) in [4.78, 5) is 3.91. The fraction of sp³-hybridized carbons (Fsp3) is 0.275. The Morgan fingerprint density at radius 3 is 2.09 bits per heavy atom. The van der Waals surface area contributed by atoms with Gasteiger partial charge in [0.15, 0.2) is 6.54 Å². The molecule has 0 fully saturated rings. The lowest BCUT2D eigenvalue weighted by atomic mass is 10.0. The summed E-state index contributed by atoms with van der Waals surface area (Å²) in [7, 11) is 0. The van der Waals surface area contributed by atoms with E-state index >= 15 is 0 Å². The fourth-order valence-corrected chi connectivity index (χ4v) is 8.33. The van der Waals surface area contributed by atoms with Gasteiger partial charge in [-0.15, -0.1) is 0 Å². The van der Waals surface area contributed by atoms with Gasteiger partial charge in [-0.1, -0.05) is 129 Å². The second-order valence-electron chi connectivity index (χ2n) is 11.7. The van der Waals surface area contributed by atoms with Gasteiger partial charge in [0.25, 0.3) is 5.01 Å². The van der Waals surface area contributed by atoms with Crippen LogP contribution >= 0.6 is 23.1 Å². The Kier molecular flexibility index (Phi) is 10.00. The summed E-state index contributed by atoms with van der Waals surface area (Å²) < 4.78 is 3.91. The molecule has 224 valence electrons. The van der Waals surface area contributed by atoms with Crippen molar-refractivity contribution in [1.29, 1.82) is 0 Å². The average molecular weight is 616 g/mol. The van der Waals surface area contributed by atoms with Crippen LogP contribution in [0.3, 0.4) is 0 Å². The monoisotopic (exact) mass is 615 g/mol. The second kappa shape index (κ2) is 14.5. The third-order valence-electron chi connectivity index (χ3n) is 8.35. The van der Waals surface area contributed by atoms with Gasteiger partial charge in [0, 0.05) is 30.0 Å². The van der Waals surface area contributed by atoms with E-state index in [1.807, 2.05) is 23.1 Å². The minimum Gasteiger partial charge on any atom is -0.335 e. The van der Waals surface area contributed by atoms with Gasteiger partial charge in [-0.3, -0.25) is 0 Å². The maximum Gasteiger partial charge on any atom is 0.263 e. The van der Waals surface area contributed by atoms with E-state index in [-0.39, 0.29) is 0 Å². The van der Waals surface area contributed by atoms with Gasteiger partial charge in [0.1, 0.15) is 4.70 Å². The van der Waals surface area contributed by atoms with Crippen molar-refractivity contribution in [3.63, 3.8) is 0 Å². The van der Waals surface area contributed by atoms with Crippen LogP contribution in [-0.4, -0.2) is 6.54 Å². The van der Waals surface area contributed by atoms with Crippen molar-refractivity contribution < 1.29 is 4.57 Å². The quantitative estimate of drug-likeness (QED) is 0.102. The van der Waals surface area contributed by atoms with Crippen molar-refractivity contribution in [2.75, 3.05) is 11.4 Å². The van der Waals surface area contributed by atoms with Gasteiger partial charge in [0.2, 0.25) is 5.52 Å². The van der Waals surface area contributed by atoms with E-state index in [9.17, 15) is 0 Å². The van der Waals surface area contributed by atoms with E-state index in [0.29, 0.717) is 0 Å². The summed E-state index contributed by atoms with van der Waals surface area (Å²) in [6.07, 6.45) is 12.2. The fourth-order valence-electron chi connectivity index (χ4n) is 5.97. The number of thiazole rings is 1. The number of hydrogen-bond acceptors (Lipinski definition) is 3. The van der Waals surface area contributed by atoms with E-state index in [1.165, 1.54) is 97.2 Å². The third kappa shape index (κ3) is 6.87. The van der Waals surface area contributed by atoms with Crippen molar-refractivity contribution in [3.8, 4) is 22.3 Å². The first-order valence-corrected chi connectivity index (χ1v) is 17.8. The Hall–Kier alpha value is -3.60. The summed E-state index contributed by atoms with van der Waals surface area (Å²) >= 11 is 3.83. The standard InChI is InChI=1S/C40H43N2S2/c1-4-6-14-24-41-35-28-33(31-16-10-8-11-17-31)20-22-37(35)43-39(41)26-30(3)27-40-42(25-15-7-5-2)36-29-34(21-23-38(36)44-40)32-18-12-9-13-19-32/h8-13,16-23,26-29H,4-7,14-15,24-25H2,1-3H3/q+1. The van der Waals surface area contributed by atoms with Crippen LogP contribution in [0, 0.1) is 0 Å². The zero-order valence-electron chi connectivity index (χ0n) is 26.3. The predicted molar refractivity (Wildman–Crippen MR) is 193 cm³/mol. The van der Waals surface area contributed by atoms with Crippen LogP contribution in [0.4, 0.5) is 5.69 Å². The molecule has 0 saturated heterocycles. The summed E-state index contributed by atoms with van der Waals surface area (Å²) in [5.74, 6) is 0. The molecule has 2 nitrogen and oxygen atoms in total. The first-order chi connectivity index (χ1) is 21.6. The van der Waals surface area contributed by atoms with Crippen LogP contribution in [0.1, 0.15) is 64.3 Å². The molecule has 0 bridgehead atoms. The second-order valence-corrected chi connectivity index (χ2v) is 13.9. The van der Waals surface area contributed by atoms with Crippen molar-refractivity contribution in [1.82, 2.24) is 0 Å². The molecule has 0 aliphatic carbocycles. The number of hydrogen-bond donors (Lipinski definition) is 0. The Morgan fingerprint density at radius 1 is 0.727 bits per heavy atom. The number of allylic oxidation sites excluding steroid dienone is 2. The van der Waals surface area contributed by atoms with Crippen LogP contribution in [-0.2, 0) is 6.54 Å².